The van der Waals surface area contributed by atoms with Crippen molar-refractivity contribution in [1.82, 2.24) is 4.98 Å². The molecule has 1 fully saturated rings. The third-order valence-corrected chi connectivity index (χ3v) is 10.9. The van der Waals surface area contributed by atoms with Crippen LogP contribution in [0.15, 0.2) is 99.2 Å². The lowest BCUT2D eigenvalue weighted by Crippen LogP contribution is -2.32. The molecule has 2 aliphatic heterocycles. The van der Waals surface area contributed by atoms with E-state index >= 15 is 0 Å². The smallest absolute Gasteiger partial charge is 0.416 e. The Morgan fingerprint density at radius 3 is 2.53 bits per heavy atom. The van der Waals surface area contributed by atoms with E-state index in [1.165, 1.54) is 6.07 Å². The number of thiazole rings is 1. The molecule has 3 atom stereocenters. The fraction of sp³-hybridized carbons (Fsp3) is 0.152. The number of carbonyl (C=O) groups excluding carboxylic acids is 3. The van der Waals surface area contributed by atoms with Crippen LogP contribution in [0, 0.1) is 5.92 Å². The zero-order chi connectivity index (χ0) is 33.0. The number of fused-ring (bicyclic) bond motifs is 3. The van der Waals surface area contributed by atoms with Crippen LogP contribution in [0.25, 0.3) is 10.8 Å². The van der Waals surface area contributed by atoms with E-state index in [0.29, 0.717) is 25.6 Å². The van der Waals surface area contributed by atoms with Gasteiger partial charge in [0.2, 0.25) is 11.8 Å². The van der Waals surface area contributed by atoms with Crippen molar-refractivity contribution in [3.8, 4) is 5.75 Å². The molecule has 3 amide bonds. The Kier molecular flexibility index (Phi) is 7.97. The molecule has 0 radical (unpaired) electrons. The van der Waals surface area contributed by atoms with E-state index in [-0.39, 0.29) is 11.4 Å². The number of amides is 3. The number of nitrogens with zero attached hydrogens (tertiary/aromatic N) is 1. The van der Waals surface area contributed by atoms with E-state index in [0.717, 1.165) is 57.0 Å². The highest BCUT2D eigenvalue weighted by atomic mass is 79.9. The largest absolute Gasteiger partial charge is 0.483 e. The molecule has 2 unspecified atom stereocenters. The van der Waals surface area contributed by atoms with Gasteiger partial charge < -0.3 is 15.0 Å². The second kappa shape index (κ2) is 12.0. The summed E-state index contributed by atoms with van der Waals surface area (Å²) < 4.78 is 47.2. The Bertz CT molecular complexity index is 2140. The lowest BCUT2D eigenvalue weighted by atomic mass is 9.82. The zero-order valence-electron chi connectivity index (χ0n) is 23.8. The molecule has 1 saturated heterocycles. The summed E-state index contributed by atoms with van der Waals surface area (Å²) in [6.45, 7) is -0.396. The molecule has 1 aromatic heterocycles. The normalized spacial score (nSPS) is 19.1. The highest BCUT2D eigenvalue weighted by molar-refractivity contribution is 9.10. The SMILES string of the molecule is O=C(COc1ccc(Br)cc1[C@H]1c2sc(=O)[nH]c2SC2C(=O)N(c3cccc(C(F)(F)F)c3)C(=O)C21)Nc1cccc2ccccc12. The summed E-state index contributed by atoms with van der Waals surface area (Å²) in [6.07, 6.45) is -4.68. The number of aromatic nitrogens is 1. The minimum atomic E-state index is -4.68. The van der Waals surface area contributed by atoms with Crippen LogP contribution in [-0.2, 0) is 20.6 Å². The van der Waals surface area contributed by atoms with Gasteiger partial charge in [0.1, 0.15) is 11.0 Å². The number of nitrogens with one attached hydrogen (secondary N) is 2. The van der Waals surface area contributed by atoms with E-state index in [4.69, 9.17) is 4.74 Å². The van der Waals surface area contributed by atoms with Crippen LogP contribution in [-0.4, -0.2) is 34.6 Å². The summed E-state index contributed by atoms with van der Waals surface area (Å²) in [7, 11) is 0. The van der Waals surface area contributed by atoms with Crippen LogP contribution in [0.2, 0.25) is 0 Å². The molecular weight excluding hydrogens is 719 g/mol. The van der Waals surface area contributed by atoms with Crippen molar-refractivity contribution in [2.24, 2.45) is 5.92 Å². The van der Waals surface area contributed by atoms with Crippen LogP contribution in [0.4, 0.5) is 24.5 Å². The summed E-state index contributed by atoms with van der Waals surface area (Å²) in [5.74, 6) is -3.58. The molecule has 14 heteroatoms. The summed E-state index contributed by atoms with van der Waals surface area (Å²) in [6, 6.07) is 22.2. The van der Waals surface area contributed by atoms with Crippen molar-refractivity contribution in [3.05, 3.63) is 115 Å². The number of alkyl halides is 3. The number of aromatic amines is 1. The average molecular weight is 741 g/mol. The molecule has 5 aromatic rings. The minimum absolute atomic E-state index is 0.198. The fourth-order valence-corrected chi connectivity index (χ4v) is 8.87. The first-order chi connectivity index (χ1) is 22.5. The number of hydrogen-bond donors (Lipinski definition) is 2. The Morgan fingerprint density at radius 2 is 1.72 bits per heavy atom. The van der Waals surface area contributed by atoms with Gasteiger partial charge in [0.15, 0.2) is 6.61 Å². The molecule has 0 aliphatic carbocycles. The first-order valence-electron chi connectivity index (χ1n) is 14.1. The maximum Gasteiger partial charge on any atom is 0.416 e. The molecule has 8 nitrogen and oxygen atoms in total. The van der Waals surface area contributed by atoms with E-state index in [9.17, 15) is 32.3 Å². The van der Waals surface area contributed by atoms with Gasteiger partial charge in [-0.1, -0.05) is 81.5 Å². The fourth-order valence-electron chi connectivity index (χ4n) is 5.99. The number of ether oxygens (including phenoxy) is 1. The number of carbonyl (C=O) groups is 3. The molecule has 0 bridgehead atoms. The maximum atomic E-state index is 14.1. The van der Waals surface area contributed by atoms with Gasteiger partial charge in [-0.15, -0.1) is 0 Å². The number of thioether (sulfide) groups is 1. The van der Waals surface area contributed by atoms with Crippen LogP contribution in [0.3, 0.4) is 0 Å². The molecule has 3 heterocycles. The van der Waals surface area contributed by atoms with Crippen molar-refractivity contribution in [2.45, 2.75) is 22.4 Å². The predicted molar refractivity (Wildman–Crippen MR) is 176 cm³/mol. The van der Waals surface area contributed by atoms with Gasteiger partial charge in [-0.05, 0) is 47.9 Å². The standard InChI is InChI=1S/C33H21BrF3N3O5S2/c34-18-11-12-23(45-15-24(41)38-22-10-3-6-16-5-1-2-9-20(16)22)21(14-18)25-26-28(46-29-27(25)47-32(44)39-29)31(43)40(30(26)42)19-8-4-7-17(13-19)33(35,36)37/h1-14,25-26,28H,15H2,(H,38,41)(H,39,44)/t25-,26?,28?/m1/s1. The quantitative estimate of drug-likeness (QED) is 0.179. The second-order valence-corrected chi connectivity index (χ2v) is 13.9. The van der Waals surface area contributed by atoms with E-state index < -0.39 is 58.0 Å². The third kappa shape index (κ3) is 5.74. The van der Waals surface area contributed by atoms with Gasteiger partial charge >= 0.3 is 11.0 Å². The minimum Gasteiger partial charge on any atom is -0.483 e. The average Bonchev–Trinajstić information content (AvgIpc) is 3.54. The maximum absolute atomic E-state index is 14.1. The second-order valence-electron chi connectivity index (χ2n) is 10.9. The first kappa shape index (κ1) is 31.2. The van der Waals surface area contributed by atoms with Crippen LogP contribution < -0.4 is 19.8 Å². The molecule has 2 N–H and O–H groups in total. The van der Waals surface area contributed by atoms with E-state index in [1.54, 1.807) is 24.3 Å². The Labute approximate surface area is 281 Å². The van der Waals surface area contributed by atoms with Gasteiger partial charge in [-0.25, -0.2) is 4.90 Å². The van der Waals surface area contributed by atoms with Crippen molar-refractivity contribution >= 4 is 78.9 Å². The number of hydrogen-bond acceptors (Lipinski definition) is 7. The lowest BCUT2D eigenvalue weighted by molar-refractivity contribution is -0.137. The number of halogens is 4. The lowest BCUT2D eigenvalue weighted by Gasteiger charge is -2.31. The van der Waals surface area contributed by atoms with Crippen LogP contribution in [0.5, 0.6) is 5.75 Å². The third-order valence-electron chi connectivity index (χ3n) is 7.98. The molecule has 7 rings (SSSR count). The summed E-state index contributed by atoms with van der Waals surface area (Å²) in [5.41, 5.74) is -0.165. The van der Waals surface area contributed by atoms with Gasteiger partial charge in [0.25, 0.3) is 5.91 Å². The Balaban J connectivity index is 1.23. The highest BCUT2D eigenvalue weighted by Crippen LogP contribution is 2.55. The topological polar surface area (TPSA) is 109 Å². The van der Waals surface area contributed by atoms with E-state index in [2.05, 4.69) is 26.2 Å². The van der Waals surface area contributed by atoms with Gasteiger partial charge in [-0.2, -0.15) is 13.2 Å². The van der Waals surface area contributed by atoms with Crippen LogP contribution in [0.1, 0.15) is 21.9 Å². The number of benzene rings is 4. The number of H-pyrrole nitrogens is 1. The van der Waals surface area contributed by atoms with Crippen molar-refractivity contribution in [2.75, 3.05) is 16.8 Å². The monoisotopic (exact) mass is 739 g/mol. The first-order valence-corrected chi connectivity index (χ1v) is 16.6. The van der Waals surface area contributed by atoms with Gasteiger partial charge in [0, 0.05) is 31.9 Å². The van der Waals surface area contributed by atoms with Gasteiger partial charge in [-0.3, -0.25) is 19.2 Å². The van der Waals surface area contributed by atoms with Crippen molar-refractivity contribution in [3.63, 3.8) is 0 Å². The Morgan fingerprint density at radius 1 is 0.957 bits per heavy atom. The van der Waals surface area contributed by atoms with Gasteiger partial charge in [0.05, 0.1) is 22.2 Å². The Hall–Kier alpha value is -4.40. The number of rotatable bonds is 6. The molecule has 0 saturated carbocycles. The van der Waals surface area contributed by atoms with Crippen molar-refractivity contribution < 1.29 is 32.3 Å². The predicted octanol–water partition coefficient (Wildman–Crippen LogP) is 7.18. The van der Waals surface area contributed by atoms with Crippen molar-refractivity contribution in [1.29, 1.82) is 0 Å². The van der Waals surface area contributed by atoms with Crippen LogP contribution >= 0.6 is 39.0 Å². The molecule has 47 heavy (non-hydrogen) atoms. The summed E-state index contributed by atoms with van der Waals surface area (Å²) in [5, 5.41) is 4.01. The highest BCUT2D eigenvalue weighted by Gasteiger charge is 2.57. The number of anilines is 2. The number of imide groups is 1. The zero-order valence-corrected chi connectivity index (χ0v) is 27.1. The molecule has 4 aromatic carbocycles. The molecule has 2 aliphatic rings. The summed E-state index contributed by atoms with van der Waals surface area (Å²) in [4.78, 5) is 57.1. The molecule has 238 valence electrons. The summed E-state index contributed by atoms with van der Waals surface area (Å²) >= 11 is 5.33. The van der Waals surface area contributed by atoms with E-state index in [1.807, 2.05) is 36.4 Å². The molecule has 0 spiro atoms. The molecular formula is C33H21BrF3N3O5S2.